The molecular formula is C25H33N3O6. The molecule has 0 amide bonds. The molecule has 0 aromatic heterocycles. The van der Waals surface area contributed by atoms with Gasteiger partial charge in [0, 0.05) is 0 Å². The van der Waals surface area contributed by atoms with Gasteiger partial charge in [-0.05, 0) is 48.2 Å². The molecule has 2 unspecified atom stereocenters. The van der Waals surface area contributed by atoms with E-state index in [2.05, 4.69) is 10.3 Å². The van der Waals surface area contributed by atoms with Crippen LogP contribution in [0.3, 0.4) is 0 Å². The zero-order chi connectivity index (χ0) is 24.9. The molecule has 0 bridgehead atoms. The van der Waals surface area contributed by atoms with Gasteiger partial charge < -0.3 is 30.7 Å². The summed E-state index contributed by atoms with van der Waals surface area (Å²) in [6.07, 6.45) is 3.14. The van der Waals surface area contributed by atoms with Crippen LogP contribution in [0.1, 0.15) is 62.7 Å². The quantitative estimate of drug-likeness (QED) is 0.159. The van der Waals surface area contributed by atoms with Crippen LogP contribution in [-0.2, 0) is 19.1 Å². The van der Waals surface area contributed by atoms with Gasteiger partial charge in [0.05, 0.1) is 13.2 Å². The van der Waals surface area contributed by atoms with Crippen molar-refractivity contribution in [3.63, 3.8) is 0 Å². The van der Waals surface area contributed by atoms with E-state index in [-0.39, 0.29) is 30.7 Å². The lowest BCUT2D eigenvalue weighted by molar-refractivity contribution is -0.146. The highest BCUT2D eigenvalue weighted by Crippen LogP contribution is 2.23. The molecule has 0 heterocycles. The van der Waals surface area contributed by atoms with Crippen LogP contribution in [0.25, 0.3) is 0 Å². The third kappa shape index (κ3) is 8.31. The molecule has 0 fully saturated rings. The van der Waals surface area contributed by atoms with Gasteiger partial charge in [-0.25, -0.2) is 14.6 Å². The van der Waals surface area contributed by atoms with Gasteiger partial charge in [0.25, 0.3) is 0 Å². The van der Waals surface area contributed by atoms with Crippen molar-refractivity contribution in [2.24, 2.45) is 10.7 Å². The second-order valence-corrected chi connectivity index (χ2v) is 7.72. The summed E-state index contributed by atoms with van der Waals surface area (Å²) >= 11 is 0. The molecule has 2 aromatic carbocycles. The van der Waals surface area contributed by atoms with E-state index in [1.54, 1.807) is 24.3 Å². The molecule has 0 aliphatic heterocycles. The van der Waals surface area contributed by atoms with E-state index in [4.69, 9.17) is 15.2 Å². The van der Waals surface area contributed by atoms with Crippen molar-refractivity contribution in [2.75, 3.05) is 13.2 Å². The number of guanidine groups is 1. The maximum absolute atomic E-state index is 12.8. The van der Waals surface area contributed by atoms with E-state index in [9.17, 15) is 19.8 Å². The summed E-state index contributed by atoms with van der Waals surface area (Å²) in [5.41, 5.74) is 7.09. The molecule has 34 heavy (non-hydrogen) atoms. The second kappa shape index (κ2) is 13.7. The van der Waals surface area contributed by atoms with Crippen molar-refractivity contribution >= 4 is 17.9 Å². The largest absolute Gasteiger partial charge is 0.508 e. The zero-order valence-corrected chi connectivity index (χ0v) is 19.6. The highest BCUT2D eigenvalue weighted by molar-refractivity contribution is 5.88. The van der Waals surface area contributed by atoms with Gasteiger partial charge in [-0.1, -0.05) is 51.0 Å². The predicted octanol–water partition coefficient (Wildman–Crippen LogP) is 3.47. The Kier molecular flexibility index (Phi) is 10.7. The fourth-order valence-electron chi connectivity index (χ4n) is 2.99. The minimum Gasteiger partial charge on any atom is -0.508 e. The Morgan fingerprint density at radius 1 is 0.853 bits per heavy atom. The lowest BCUT2D eigenvalue weighted by Gasteiger charge is -2.20. The molecule has 2 atom stereocenters. The first-order chi connectivity index (χ1) is 16.3. The molecule has 0 aliphatic rings. The third-order valence-electron chi connectivity index (χ3n) is 4.94. The lowest BCUT2D eigenvalue weighted by Crippen LogP contribution is -2.40. The topological polar surface area (TPSA) is 143 Å². The molecule has 9 heteroatoms. The number of benzene rings is 2. The second-order valence-electron chi connectivity index (χ2n) is 7.72. The molecule has 0 aliphatic carbocycles. The molecule has 2 rings (SSSR count). The number of esters is 2. The molecule has 2 aromatic rings. The smallest absolute Gasteiger partial charge is 0.335 e. The first kappa shape index (κ1) is 26.5. The van der Waals surface area contributed by atoms with E-state index in [1.165, 1.54) is 24.3 Å². The minimum atomic E-state index is -1.10. The minimum absolute atomic E-state index is 0.0409. The van der Waals surface area contributed by atoms with Crippen molar-refractivity contribution in [1.82, 2.24) is 5.32 Å². The molecule has 5 N–H and O–H groups in total. The van der Waals surface area contributed by atoms with Crippen LogP contribution in [0.15, 0.2) is 53.5 Å². The van der Waals surface area contributed by atoms with Gasteiger partial charge in [-0.15, -0.1) is 0 Å². The van der Waals surface area contributed by atoms with Gasteiger partial charge in [0.15, 0.2) is 18.0 Å². The van der Waals surface area contributed by atoms with Crippen molar-refractivity contribution in [3.8, 4) is 11.5 Å². The Hall–Kier alpha value is -3.75. The van der Waals surface area contributed by atoms with Crippen LogP contribution >= 0.6 is 0 Å². The monoisotopic (exact) mass is 471 g/mol. The normalized spacial score (nSPS) is 13.1. The summed E-state index contributed by atoms with van der Waals surface area (Å²) in [6, 6.07) is 9.90. The first-order valence-corrected chi connectivity index (χ1v) is 11.4. The number of hydrogen-bond acceptors (Lipinski definition) is 7. The van der Waals surface area contributed by atoms with Gasteiger partial charge in [0.2, 0.25) is 0 Å². The standard InChI is InChI=1S/C25H33N3O6/c1-3-5-15-33-23(31)21(17-7-11-19(29)12-8-17)27-25(26)28-22(24(32)34-16-6-4-2)18-9-13-20(30)14-10-18/h7-14,21-22,29-30H,3-6,15-16H2,1-2H3,(H3,26,27,28). The third-order valence-corrected chi connectivity index (χ3v) is 4.94. The molecule has 184 valence electrons. The maximum atomic E-state index is 12.8. The van der Waals surface area contributed by atoms with E-state index >= 15 is 0 Å². The van der Waals surface area contributed by atoms with Crippen LogP contribution in [0.2, 0.25) is 0 Å². The number of rotatable bonds is 12. The van der Waals surface area contributed by atoms with Crippen molar-refractivity contribution in [1.29, 1.82) is 0 Å². The number of ether oxygens (including phenoxy) is 2. The number of hydrogen-bond donors (Lipinski definition) is 4. The fraction of sp³-hybridized carbons (Fsp3) is 0.400. The van der Waals surface area contributed by atoms with Gasteiger partial charge in [0.1, 0.15) is 11.5 Å². The van der Waals surface area contributed by atoms with Gasteiger partial charge >= 0.3 is 11.9 Å². The Balaban J connectivity index is 2.30. The average molecular weight is 472 g/mol. The Morgan fingerprint density at radius 2 is 1.32 bits per heavy atom. The Labute approximate surface area is 199 Å². The maximum Gasteiger partial charge on any atom is 0.335 e. The number of phenolic OH excluding ortho intramolecular Hbond substituents is 2. The molecule has 9 nitrogen and oxygen atoms in total. The Bertz CT molecular complexity index is 944. The molecule has 0 radical (unpaired) electrons. The van der Waals surface area contributed by atoms with E-state index in [0.29, 0.717) is 24.0 Å². The zero-order valence-electron chi connectivity index (χ0n) is 19.6. The van der Waals surface area contributed by atoms with Crippen molar-refractivity contribution < 1.29 is 29.3 Å². The van der Waals surface area contributed by atoms with E-state index in [0.717, 1.165) is 12.8 Å². The highest BCUT2D eigenvalue weighted by atomic mass is 16.5. The summed E-state index contributed by atoms with van der Waals surface area (Å²) in [7, 11) is 0. The SMILES string of the molecule is CCCCOC(=O)C(N=C(N)NC(C(=O)OCCCC)c1ccc(O)cc1)c1ccc(O)cc1. The number of carbonyl (C=O) groups excluding carboxylic acids is 2. The summed E-state index contributed by atoms with van der Waals surface area (Å²) < 4.78 is 10.7. The number of nitrogens with zero attached hydrogens (tertiary/aromatic N) is 1. The van der Waals surface area contributed by atoms with Crippen LogP contribution in [0.4, 0.5) is 0 Å². The van der Waals surface area contributed by atoms with Gasteiger partial charge in [-0.3, -0.25) is 0 Å². The van der Waals surface area contributed by atoms with Crippen molar-refractivity contribution in [3.05, 3.63) is 59.7 Å². The van der Waals surface area contributed by atoms with Gasteiger partial charge in [-0.2, -0.15) is 0 Å². The number of carbonyl (C=O) groups is 2. The molecule has 0 saturated carbocycles. The number of unbranched alkanes of at least 4 members (excludes halogenated alkanes) is 2. The molecular weight excluding hydrogens is 438 g/mol. The van der Waals surface area contributed by atoms with Crippen LogP contribution in [0.5, 0.6) is 11.5 Å². The highest BCUT2D eigenvalue weighted by Gasteiger charge is 2.26. The number of aliphatic imine (C=N–C) groups is 1. The van der Waals surface area contributed by atoms with Crippen LogP contribution < -0.4 is 11.1 Å². The predicted molar refractivity (Wildman–Crippen MR) is 128 cm³/mol. The first-order valence-electron chi connectivity index (χ1n) is 11.4. The van der Waals surface area contributed by atoms with Crippen molar-refractivity contribution in [2.45, 2.75) is 51.6 Å². The summed E-state index contributed by atoms with van der Waals surface area (Å²) in [5.74, 6) is -1.25. The lowest BCUT2D eigenvalue weighted by atomic mass is 10.1. The van der Waals surface area contributed by atoms with Crippen LogP contribution in [0, 0.1) is 0 Å². The summed E-state index contributed by atoms with van der Waals surface area (Å²) in [4.78, 5) is 29.8. The number of nitrogens with one attached hydrogen (secondary N) is 1. The average Bonchev–Trinajstić information content (AvgIpc) is 2.82. The molecule has 0 spiro atoms. The van der Waals surface area contributed by atoms with E-state index < -0.39 is 24.0 Å². The van der Waals surface area contributed by atoms with Crippen LogP contribution in [-0.4, -0.2) is 41.3 Å². The summed E-state index contributed by atoms with van der Waals surface area (Å²) in [6.45, 7) is 4.46. The number of phenols is 2. The summed E-state index contributed by atoms with van der Waals surface area (Å²) in [5, 5.41) is 22.0. The molecule has 0 saturated heterocycles. The number of aromatic hydroxyl groups is 2. The Morgan fingerprint density at radius 3 is 1.82 bits per heavy atom. The van der Waals surface area contributed by atoms with E-state index in [1.807, 2.05) is 13.8 Å². The number of nitrogens with two attached hydrogens (primary N) is 1. The fourth-order valence-corrected chi connectivity index (χ4v) is 2.99.